The molecule has 0 amide bonds. The van der Waals surface area contributed by atoms with Gasteiger partial charge in [0.1, 0.15) is 5.75 Å². The first-order chi connectivity index (χ1) is 13.5. The van der Waals surface area contributed by atoms with E-state index in [0.717, 1.165) is 24.1 Å². The standard InChI is InChI=1S/C26H40NOP/c1-10-26(9,23-15-19(6)14-21(8)24(23)28)29-25-20(7)12-11-13-22(25)16-27(17(2)3)18(4)5/h11-15,17-18,28-29H,10,16H2,1-9H3. The zero-order chi connectivity index (χ0) is 21.9. The quantitative estimate of drug-likeness (QED) is 0.495. The summed E-state index contributed by atoms with van der Waals surface area (Å²) in [5.41, 5.74) is 6.07. The number of hydrogen-bond donors (Lipinski definition) is 1. The summed E-state index contributed by atoms with van der Waals surface area (Å²) in [6.45, 7) is 21.0. The molecule has 0 fully saturated rings. The molecule has 2 rings (SSSR count). The number of phenolic OH excluding ortho intramolecular Hbond substituents is 1. The molecule has 29 heavy (non-hydrogen) atoms. The Morgan fingerprint density at radius 1 is 1.00 bits per heavy atom. The van der Waals surface area contributed by atoms with Gasteiger partial charge in [-0.3, -0.25) is 4.90 Å². The first kappa shape index (κ1) is 23.9. The van der Waals surface area contributed by atoms with E-state index in [1.807, 2.05) is 6.92 Å². The second-order valence-corrected chi connectivity index (χ2v) is 11.1. The van der Waals surface area contributed by atoms with E-state index < -0.39 is 0 Å². The van der Waals surface area contributed by atoms with Crippen LogP contribution in [0.15, 0.2) is 30.3 Å². The lowest BCUT2D eigenvalue weighted by atomic mass is 9.93. The molecule has 0 bridgehead atoms. The molecule has 160 valence electrons. The molecule has 0 aliphatic heterocycles. The second-order valence-electron chi connectivity index (χ2n) is 9.26. The van der Waals surface area contributed by atoms with Crippen LogP contribution in [0.2, 0.25) is 0 Å². The third-order valence-corrected chi connectivity index (χ3v) is 8.33. The van der Waals surface area contributed by atoms with Crippen LogP contribution in [0.3, 0.4) is 0 Å². The van der Waals surface area contributed by atoms with E-state index in [2.05, 4.69) is 90.6 Å². The topological polar surface area (TPSA) is 23.5 Å². The van der Waals surface area contributed by atoms with Crippen LogP contribution in [0.25, 0.3) is 0 Å². The summed E-state index contributed by atoms with van der Waals surface area (Å²) in [4.78, 5) is 2.56. The normalized spacial score (nSPS) is 14.5. The molecule has 2 aromatic rings. The van der Waals surface area contributed by atoms with Crippen molar-refractivity contribution in [2.75, 3.05) is 0 Å². The van der Waals surface area contributed by atoms with Crippen molar-refractivity contribution in [3.8, 4) is 5.75 Å². The van der Waals surface area contributed by atoms with Gasteiger partial charge in [0.15, 0.2) is 0 Å². The highest BCUT2D eigenvalue weighted by atomic mass is 31.1. The number of aromatic hydroxyl groups is 1. The molecule has 0 spiro atoms. The zero-order valence-corrected chi connectivity index (χ0v) is 20.9. The Kier molecular flexibility index (Phi) is 7.93. The predicted octanol–water partition coefficient (Wildman–Crippen LogP) is 6.57. The smallest absolute Gasteiger partial charge is 0.122 e. The van der Waals surface area contributed by atoms with Gasteiger partial charge in [0.25, 0.3) is 0 Å². The molecule has 0 saturated heterocycles. The Labute approximate surface area is 180 Å². The van der Waals surface area contributed by atoms with E-state index in [1.54, 1.807) is 0 Å². The highest BCUT2D eigenvalue weighted by molar-refractivity contribution is 7.48. The van der Waals surface area contributed by atoms with Crippen molar-refractivity contribution in [2.24, 2.45) is 0 Å². The lowest BCUT2D eigenvalue weighted by Gasteiger charge is -2.34. The van der Waals surface area contributed by atoms with Gasteiger partial charge < -0.3 is 5.11 Å². The van der Waals surface area contributed by atoms with Crippen molar-refractivity contribution in [3.05, 3.63) is 58.1 Å². The van der Waals surface area contributed by atoms with E-state index in [9.17, 15) is 5.11 Å². The molecule has 0 aliphatic carbocycles. The monoisotopic (exact) mass is 413 g/mol. The molecule has 0 aliphatic rings. The molecular formula is C26H40NOP. The summed E-state index contributed by atoms with van der Waals surface area (Å²) in [7, 11) is 0.613. The van der Waals surface area contributed by atoms with Gasteiger partial charge >= 0.3 is 0 Å². The molecule has 2 nitrogen and oxygen atoms in total. The summed E-state index contributed by atoms with van der Waals surface area (Å²) in [5.74, 6) is 0.466. The maximum Gasteiger partial charge on any atom is 0.122 e. The van der Waals surface area contributed by atoms with Crippen LogP contribution in [-0.2, 0) is 11.7 Å². The summed E-state index contributed by atoms with van der Waals surface area (Å²) < 4.78 is 0. The number of nitrogens with zero attached hydrogens (tertiary/aromatic N) is 1. The molecule has 2 atom stereocenters. The molecule has 2 unspecified atom stereocenters. The van der Waals surface area contributed by atoms with E-state index in [4.69, 9.17) is 0 Å². The Morgan fingerprint density at radius 3 is 2.17 bits per heavy atom. The minimum atomic E-state index is -0.0811. The second kappa shape index (κ2) is 9.63. The van der Waals surface area contributed by atoms with Crippen molar-refractivity contribution < 1.29 is 5.11 Å². The van der Waals surface area contributed by atoms with Crippen LogP contribution in [-0.4, -0.2) is 22.1 Å². The lowest BCUT2D eigenvalue weighted by molar-refractivity contribution is 0.166. The lowest BCUT2D eigenvalue weighted by Crippen LogP contribution is -2.37. The zero-order valence-electron chi connectivity index (χ0n) is 19.9. The van der Waals surface area contributed by atoms with Crippen molar-refractivity contribution in [3.63, 3.8) is 0 Å². The average molecular weight is 414 g/mol. The number of aryl methyl sites for hydroxylation is 3. The maximum atomic E-state index is 10.9. The van der Waals surface area contributed by atoms with Gasteiger partial charge in [0.05, 0.1) is 0 Å². The largest absolute Gasteiger partial charge is 0.507 e. The van der Waals surface area contributed by atoms with Gasteiger partial charge in [-0.15, -0.1) is 0 Å². The first-order valence-corrected chi connectivity index (χ1v) is 11.9. The van der Waals surface area contributed by atoms with Crippen LogP contribution < -0.4 is 5.30 Å². The number of phenols is 1. The van der Waals surface area contributed by atoms with Crippen LogP contribution in [0, 0.1) is 20.8 Å². The number of benzene rings is 2. The van der Waals surface area contributed by atoms with Crippen LogP contribution in [0.1, 0.15) is 75.8 Å². The van der Waals surface area contributed by atoms with Crippen LogP contribution in [0.5, 0.6) is 5.75 Å². The average Bonchev–Trinajstić information content (AvgIpc) is 2.64. The van der Waals surface area contributed by atoms with Crippen LogP contribution >= 0.6 is 8.58 Å². The molecule has 1 N–H and O–H groups in total. The van der Waals surface area contributed by atoms with E-state index in [-0.39, 0.29) is 5.16 Å². The summed E-state index contributed by atoms with van der Waals surface area (Å²) in [6.07, 6.45) is 0.994. The maximum absolute atomic E-state index is 10.9. The molecular weight excluding hydrogens is 373 g/mol. The summed E-state index contributed by atoms with van der Waals surface area (Å²) >= 11 is 0. The fourth-order valence-electron chi connectivity index (χ4n) is 4.20. The number of rotatable bonds is 8. The Bertz CT molecular complexity index is 835. The van der Waals surface area contributed by atoms with Crippen molar-refractivity contribution in [1.82, 2.24) is 4.90 Å². The van der Waals surface area contributed by atoms with Gasteiger partial charge in [-0.05, 0) is 76.9 Å². The Balaban J connectivity index is 2.52. The Hall–Kier alpha value is -1.37. The van der Waals surface area contributed by atoms with Crippen molar-refractivity contribution in [2.45, 2.75) is 92.5 Å². The van der Waals surface area contributed by atoms with Crippen molar-refractivity contribution in [1.29, 1.82) is 0 Å². The third-order valence-electron chi connectivity index (χ3n) is 6.19. The highest BCUT2D eigenvalue weighted by Crippen LogP contribution is 2.48. The minimum Gasteiger partial charge on any atom is -0.507 e. The molecule has 2 aromatic carbocycles. The molecule has 0 radical (unpaired) electrons. The number of hydrogen-bond acceptors (Lipinski definition) is 2. The fourth-order valence-corrected chi connectivity index (χ4v) is 5.86. The molecule has 0 aromatic heterocycles. The van der Waals surface area contributed by atoms with Crippen molar-refractivity contribution >= 4 is 13.9 Å². The van der Waals surface area contributed by atoms with Gasteiger partial charge in [0.2, 0.25) is 0 Å². The first-order valence-electron chi connectivity index (χ1n) is 10.9. The highest BCUT2D eigenvalue weighted by Gasteiger charge is 2.30. The predicted molar refractivity (Wildman–Crippen MR) is 130 cm³/mol. The van der Waals surface area contributed by atoms with Gasteiger partial charge in [-0.2, -0.15) is 0 Å². The molecule has 0 heterocycles. The van der Waals surface area contributed by atoms with Gasteiger partial charge in [-0.1, -0.05) is 58.3 Å². The van der Waals surface area contributed by atoms with Gasteiger partial charge in [-0.25, -0.2) is 0 Å². The van der Waals surface area contributed by atoms with E-state index >= 15 is 0 Å². The third kappa shape index (κ3) is 5.41. The van der Waals surface area contributed by atoms with E-state index in [0.29, 0.717) is 26.4 Å². The Morgan fingerprint density at radius 2 is 1.62 bits per heavy atom. The SMILES string of the molecule is CCC(C)(Pc1c(C)cccc1CN(C(C)C)C(C)C)c1cc(C)cc(C)c1O. The molecule has 3 heteroatoms. The fraction of sp³-hybridized carbons (Fsp3) is 0.538. The van der Waals surface area contributed by atoms with Crippen LogP contribution in [0.4, 0.5) is 0 Å². The summed E-state index contributed by atoms with van der Waals surface area (Å²) in [6, 6.07) is 12.0. The van der Waals surface area contributed by atoms with E-state index in [1.165, 1.54) is 22.0 Å². The molecule has 0 saturated carbocycles. The summed E-state index contributed by atoms with van der Waals surface area (Å²) in [5, 5.41) is 12.3. The van der Waals surface area contributed by atoms with Gasteiger partial charge in [0, 0.05) is 29.3 Å². The minimum absolute atomic E-state index is 0.0811.